The molecule has 0 saturated heterocycles. The summed E-state index contributed by atoms with van der Waals surface area (Å²) < 4.78 is 27.8. The Hall–Kier alpha value is -2.84. The number of benzene rings is 2. The molecular weight excluding hydrogens is 430 g/mol. The van der Waals surface area contributed by atoms with Gasteiger partial charge in [-0.2, -0.15) is 0 Å². The summed E-state index contributed by atoms with van der Waals surface area (Å²) in [6, 6.07) is 17.5. The summed E-state index contributed by atoms with van der Waals surface area (Å²) in [6.07, 6.45) is 3.54. The van der Waals surface area contributed by atoms with Crippen LogP contribution in [0.3, 0.4) is 0 Å². The molecule has 0 aliphatic heterocycles. The predicted molar refractivity (Wildman–Crippen MR) is 124 cm³/mol. The summed E-state index contributed by atoms with van der Waals surface area (Å²) in [5.74, 6) is -0.122. The number of hydrogen-bond acceptors (Lipinski definition) is 5. The Bertz CT molecular complexity index is 1130. The third-order valence-corrected chi connectivity index (χ3v) is 7.03. The molecule has 0 aliphatic carbocycles. The molecule has 3 aromatic rings. The molecule has 31 heavy (non-hydrogen) atoms. The lowest BCUT2D eigenvalue weighted by atomic mass is 10.2. The van der Waals surface area contributed by atoms with Crippen LogP contribution in [0, 0.1) is 6.92 Å². The zero-order chi connectivity index (χ0) is 22.3. The number of hydrogen-bond donors (Lipinski definition) is 2. The molecule has 0 aliphatic rings. The Morgan fingerprint density at radius 3 is 2.42 bits per heavy atom. The quantitative estimate of drug-likeness (QED) is 0.449. The van der Waals surface area contributed by atoms with E-state index in [0.717, 1.165) is 22.8 Å². The molecule has 0 saturated carbocycles. The van der Waals surface area contributed by atoms with E-state index in [2.05, 4.69) is 21.9 Å². The van der Waals surface area contributed by atoms with E-state index in [9.17, 15) is 13.2 Å². The van der Waals surface area contributed by atoms with Crippen molar-refractivity contribution < 1.29 is 13.2 Å². The summed E-state index contributed by atoms with van der Waals surface area (Å²) in [7, 11) is -3.64. The van der Waals surface area contributed by atoms with Crippen LogP contribution in [0.1, 0.15) is 35.7 Å². The van der Waals surface area contributed by atoms with Gasteiger partial charge in [0.25, 0.3) is 15.9 Å². The highest BCUT2D eigenvalue weighted by atomic mass is 32.2. The molecule has 2 aromatic carbocycles. The van der Waals surface area contributed by atoms with Gasteiger partial charge >= 0.3 is 0 Å². The third kappa shape index (κ3) is 6.32. The van der Waals surface area contributed by atoms with Crippen LogP contribution < -0.4 is 10.0 Å². The molecule has 1 amide bonds. The normalized spacial score (nSPS) is 11.2. The minimum absolute atomic E-state index is 0.122. The fourth-order valence-electron chi connectivity index (χ4n) is 2.84. The molecule has 162 valence electrons. The van der Waals surface area contributed by atoms with E-state index in [1.807, 2.05) is 12.1 Å². The lowest BCUT2D eigenvalue weighted by Gasteiger charge is -2.10. The molecule has 6 nitrogen and oxygen atoms in total. The van der Waals surface area contributed by atoms with Crippen LogP contribution in [0.2, 0.25) is 0 Å². The van der Waals surface area contributed by atoms with Gasteiger partial charge in [0, 0.05) is 23.3 Å². The Labute approximate surface area is 187 Å². The van der Waals surface area contributed by atoms with Gasteiger partial charge in [-0.25, -0.2) is 13.4 Å². The van der Waals surface area contributed by atoms with Crippen LogP contribution in [0.25, 0.3) is 0 Å². The third-order valence-electron chi connectivity index (χ3n) is 4.53. The molecule has 2 N–H and O–H groups in total. The Morgan fingerprint density at radius 1 is 1.03 bits per heavy atom. The van der Waals surface area contributed by atoms with Crippen molar-refractivity contribution in [3.8, 4) is 0 Å². The first-order valence-corrected chi connectivity index (χ1v) is 12.3. The second-order valence-corrected chi connectivity index (χ2v) is 9.74. The van der Waals surface area contributed by atoms with E-state index in [1.165, 1.54) is 11.8 Å². The van der Waals surface area contributed by atoms with Gasteiger partial charge in [0.05, 0.1) is 10.5 Å². The fourth-order valence-corrected chi connectivity index (χ4v) is 4.90. The van der Waals surface area contributed by atoms with E-state index >= 15 is 0 Å². The number of aromatic nitrogens is 1. The maximum Gasteiger partial charge on any atom is 0.262 e. The maximum absolute atomic E-state index is 12.6. The van der Waals surface area contributed by atoms with Gasteiger partial charge in [-0.3, -0.25) is 9.52 Å². The summed E-state index contributed by atoms with van der Waals surface area (Å²) >= 11 is 1.43. The van der Waals surface area contributed by atoms with Crippen LogP contribution in [-0.4, -0.2) is 25.9 Å². The van der Waals surface area contributed by atoms with Gasteiger partial charge in [-0.1, -0.05) is 43.3 Å². The number of pyridine rings is 1. The second-order valence-electron chi connectivity index (χ2n) is 6.99. The number of nitrogens with zero attached hydrogens (tertiary/aromatic N) is 1. The maximum atomic E-state index is 12.6. The smallest absolute Gasteiger partial charge is 0.262 e. The van der Waals surface area contributed by atoms with Crippen LogP contribution in [-0.2, 0) is 10.0 Å². The molecule has 1 heterocycles. The van der Waals surface area contributed by atoms with Crippen molar-refractivity contribution in [1.82, 2.24) is 10.3 Å². The molecule has 0 unspecified atom stereocenters. The topological polar surface area (TPSA) is 88.2 Å². The van der Waals surface area contributed by atoms with E-state index in [4.69, 9.17) is 0 Å². The van der Waals surface area contributed by atoms with Crippen LogP contribution in [0.15, 0.2) is 81.7 Å². The van der Waals surface area contributed by atoms with Crippen LogP contribution in [0.4, 0.5) is 5.69 Å². The lowest BCUT2D eigenvalue weighted by Crippen LogP contribution is -2.24. The number of unbranched alkanes of at least 4 members (excludes halogenated alkanes) is 1. The molecular formula is C23H25N3O3S2. The Morgan fingerprint density at radius 2 is 1.77 bits per heavy atom. The number of carbonyl (C=O) groups excluding carboxylic acids is 1. The van der Waals surface area contributed by atoms with Gasteiger partial charge in [0.15, 0.2) is 0 Å². The van der Waals surface area contributed by atoms with E-state index < -0.39 is 10.0 Å². The van der Waals surface area contributed by atoms with Crippen molar-refractivity contribution in [1.29, 1.82) is 0 Å². The van der Waals surface area contributed by atoms with Gasteiger partial charge in [-0.15, -0.1) is 0 Å². The first-order valence-electron chi connectivity index (χ1n) is 9.99. The average molecular weight is 456 g/mol. The van der Waals surface area contributed by atoms with Crippen molar-refractivity contribution in [2.75, 3.05) is 11.3 Å². The summed E-state index contributed by atoms with van der Waals surface area (Å²) in [4.78, 5) is 17.6. The molecule has 3 rings (SSSR count). The summed E-state index contributed by atoms with van der Waals surface area (Å²) in [5.41, 5.74) is 1.71. The SMILES string of the molecule is CCCCNC(=O)c1ccc(Sc2ccc(NS(=O)(=O)c3ccccc3C)cc2)nc1. The number of aryl methyl sites for hydroxylation is 1. The monoisotopic (exact) mass is 455 g/mol. The van der Waals surface area contributed by atoms with E-state index in [0.29, 0.717) is 23.4 Å². The highest BCUT2D eigenvalue weighted by molar-refractivity contribution is 7.99. The Kier molecular flexibility index (Phi) is 7.70. The average Bonchev–Trinajstić information content (AvgIpc) is 2.76. The number of rotatable bonds is 9. The number of carbonyl (C=O) groups is 1. The first kappa shape index (κ1) is 22.8. The molecule has 0 spiro atoms. The Balaban J connectivity index is 1.62. The number of amides is 1. The fraction of sp³-hybridized carbons (Fsp3) is 0.217. The molecule has 0 radical (unpaired) electrons. The highest BCUT2D eigenvalue weighted by Crippen LogP contribution is 2.28. The zero-order valence-electron chi connectivity index (χ0n) is 17.5. The van der Waals surface area contributed by atoms with Crippen LogP contribution in [0.5, 0.6) is 0 Å². The van der Waals surface area contributed by atoms with Crippen LogP contribution >= 0.6 is 11.8 Å². The molecule has 1 aromatic heterocycles. The minimum atomic E-state index is -3.64. The van der Waals surface area contributed by atoms with Gasteiger partial charge in [0.1, 0.15) is 5.03 Å². The minimum Gasteiger partial charge on any atom is -0.352 e. The first-order chi connectivity index (χ1) is 14.9. The molecule has 0 bridgehead atoms. The second kappa shape index (κ2) is 10.5. The van der Waals surface area contributed by atoms with Gasteiger partial charge in [0.2, 0.25) is 0 Å². The predicted octanol–water partition coefficient (Wildman–Crippen LogP) is 4.87. The van der Waals surface area contributed by atoms with Crippen molar-refractivity contribution in [2.24, 2.45) is 0 Å². The number of nitrogens with one attached hydrogen (secondary N) is 2. The van der Waals surface area contributed by atoms with Crippen molar-refractivity contribution in [3.63, 3.8) is 0 Å². The zero-order valence-corrected chi connectivity index (χ0v) is 19.1. The lowest BCUT2D eigenvalue weighted by molar-refractivity contribution is 0.0952. The van der Waals surface area contributed by atoms with Gasteiger partial charge < -0.3 is 5.32 Å². The summed E-state index contributed by atoms with van der Waals surface area (Å²) in [6.45, 7) is 4.50. The number of anilines is 1. The highest BCUT2D eigenvalue weighted by Gasteiger charge is 2.16. The molecule has 0 fully saturated rings. The van der Waals surface area contributed by atoms with Crippen molar-refractivity contribution in [2.45, 2.75) is 41.5 Å². The number of sulfonamides is 1. The standard InChI is InChI=1S/C23H25N3O3S2/c1-3-4-15-24-23(27)18-9-14-22(25-16-18)30-20-12-10-19(11-13-20)26-31(28,29)21-8-6-5-7-17(21)2/h5-14,16,26H,3-4,15H2,1-2H3,(H,24,27). The molecule has 0 atom stereocenters. The van der Waals surface area contributed by atoms with E-state index in [-0.39, 0.29) is 10.8 Å². The largest absolute Gasteiger partial charge is 0.352 e. The molecule has 8 heteroatoms. The van der Waals surface area contributed by atoms with Crippen molar-refractivity contribution >= 4 is 33.4 Å². The van der Waals surface area contributed by atoms with Crippen molar-refractivity contribution in [3.05, 3.63) is 78.0 Å². The summed E-state index contributed by atoms with van der Waals surface area (Å²) in [5, 5.41) is 3.62. The van der Waals surface area contributed by atoms with E-state index in [1.54, 1.807) is 61.7 Å². The van der Waals surface area contributed by atoms with Gasteiger partial charge in [-0.05, 0) is 61.4 Å².